The van der Waals surface area contributed by atoms with Crippen molar-refractivity contribution in [1.82, 2.24) is 14.9 Å². The molecule has 2 N–H and O–H groups in total. The molecule has 0 spiro atoms. The number of anilines is 1. The predicted octanol–water partition coefficient (Wildman–Crippen LogP) is 3.21. The summed E-state index contributed by atoms with van der Waals surface area (Å²) in [7, 11) is 0. The lowest BCUT2D eigenvalue weighted by Gasteiger charge is -2.23. The summed E-state index contributed by atoms with van der Waals surface area (Å²) in [5.41, 5.74) is 3.47. The van der Waals surface area contributed by atoms with Gasteiger partial charge in [0.15, 0.2) is 11.3 Å². The van der Waals surface area contributed by atoms with E-state index in [-0.39, 0.29) is 23.8 Å². The Morgan fingerprint density at radius 1 is 1.28 bits per heavy atom. The van der Waals surface area contributed by atoms with Crippen molar-refractivity contribution in [3.63, 3.8) is 0 Å². The lowest BCUT2D eigenvalue weighted by atomic mass is 10.1. The van der Waals surface area contributed by atoms with E-state index in [1.165, 1.54) is 0 Å². The van der Waals surface area contributed by atoms with E-state index in [1.807, 2.05) is 41.3 Å². The van der Waals surface area contributed by atoms with Gasteiger partial charge in [-0.25, -0.2) is 9.78 Å². The van der Waals surface area contributed by atoms with E-state index in [9.17, 15) is 9.59 Å². The molecular formula is C24H22N4O4. The standard InChI is InChI=1S/C24H22N4O4/c1-2-31-24(30)20-21(29)19(12-16-13-27-22-17(16)7-5-9-26-22)32-23(20)28-11-10-25-18-8-4-3-6-15(18)14-28/h3-9,12-13,25H,2,10-11,14H2,1H3,(H,26,27). The van der Waals surface area contributed by atoms with Gasteiger partial charge < -0.3 is 24.7 Å². The average molecular weight is 430 g/mol. The SMILES string of the molecule is CCOC(=O)C1=C(N2CCNc3ccccc3C2)OC(=Cc2c[nH]c3ncccc23)C1=O. The number of hydrogen-bond donors (Lipinski definition) is 2. The van der Waals surface area contributed by atoms with Crippen molar-refractivity contribution in [2.75, 3.05) is 25.0 Å². The smallest absolute Gasteiger partial charge is 0.347 e. The molecule has 2 aliphatic rings. The molecule has 2 aliphatic heterocycles. The van der Waals surface area contributed by atoms with Gasteiger partial charge in [0.2, 0.25) is 11.7 Å². The topological polar surface area (TPSA) is 96.6 Å². The third-order valence-electron chi connectivity index (χ3n) is 5.48. The van der Waals surface area contributed by atoms with E-state index in [1.54, 1.807) is 25.4 Å². The van der Waals surface area contributed by atoms with Crippen LogP contribution in [0.25, 0.3) is 17.1 Å². The molecule has 2 aromatic heterocycles. The predicted molar refractivity (Wildman–Crippen MR) is 119 cm³/mol. The molecule has 0 fully saturated rings. The van der Waals surface area contributed by atoms with Crippen LogP contribution in [-0.2, 0) is 25.6 Å². The Hall–Kier alpha value is -4.07. The highest BCUT2D eigenvalue weighted by molar-refractivity contribution is 6.26. The zero-order valence-corrected chi connectivity index (χ0v) is 17.6. The number of nitrogens with one attached hydrogen (secondary N) is 2. The van der Waals surface area contributed by atoms with Gasteiger partial charge in [-0.3, -0.25) is 4.79 Å². The summed E-state index contributed by atoms with van der Waals surface area (Å²) in [4.78, 5) is 35.2. The van der Waals surface area contributed by atoms with Crippen molar-refractivity contribution in [1.29, 1.82) is 0 Å². The number of aromatic amines is 1. The lowest BCUT2D eigenvalue weighted by Crippen LogP contribution is -2.28. The zero-order chi connectivity index (χ0) is 22.1. The van der Waals surface area contributed by atoms with Gasteiger partial charge in [-0.15, -0.1) is 0 Å². The first-order valence-corrected chi connectivity index (χ1v) is 10.5. The molecule has 0 saturated heterocycles. The molecule has 0 atom stereocenters. The highest BCUT2D eigenvalue weighted by Gasteiger charge is 2.39. The summed E-state index contributed by atoms with van der Waals surface area (Å²) < 4.78 is 11.2. The number of carbonyl (C=O) groups excluding carboxylic acids is 2. The van der Waals surface area contributed by atoms with Crippen molar-refractivity contribution in [3.05, 3.63) is 77.1 Å². The van der Waals surface area contributed by atoms with Gasteiger partial charge in [-0.2, -0.15) is 0 Å². The average Bonchev–Trinajstić information content (AvgIpc) is 3.27. The van der Waals surface area contributed by atoms with E-state index in [0.717, 1.165) is 22.2 Å². The largest absolute Gasteiger partial charge is 0.462 e. The van der Waals surface area contributed by atoms with E-state index >= 15 is 0 Å². The van der Waals surface area contributed by atoms with E-state index < -0.39 is 11.8 Å². The summed E-state index contributed by atoms with van der Waals surface area (Å²) in [5, 5.41) is 4.24. The van der Waals surface area contributed by atoms with Crippen LogP contribution in [0.2, 0.25) is 0 Å². The maximum absolute atomic E-state index is 13.2. The van der Waals surface area contributed by atoms with Crippen LogP contribution < -0.4 is 5.32 Å². The molecule has 8 nitrogen and oxygen atoms in total. The Balaban J connectivity index is 1.53. The first-order valence-electron chi connectivity index (χ1n) is 10.5. The van der Waals surface area contributed by atoms with Crippen molar-refractivity contribution in [3.8, 4) is 0 Å². The summed E-state index contributed by atoms with van der Waals surface area (Å²) in [5.74, 6) is -0.848. The minimum atomic E-state index is -0.679. The summed E-state index contributed by atoms with van der Waals surface area (Å²) >= 11 is 0. The van der Waals surface area contributed by atoms with Crippen LogP contribution >= 0.6 is 0 Å². The number of allylic oxidation sites excluding steroid dienone is 1. The van der Waals surface area contributed by atoms with Gasteiger partial charge in [0.05, 0.1) is 6.61 Å². The van der Waals surface area contributed by atoms with Crippen LogP contribution in [0.1, 0.15) is 18.1 Å². The Morgan fingerprint density at radius 2 is 2.16 bits per heavy atom. The molecule has 8 heteroatoms. The van der Waals surface area contributed by atoms with Crippen molar-refractivity contribution < 1.29 is 19.1 Å². The minimum Gasteiger partial charge on any atom is -0.462 e. The first kappa shape index (κ1) is 19.9. The lowest BCUT2D eigenvalue weighted by molar-refractivity contribution is -0.139. The van der Waals surface area contributed by atoms with Crippen LogP contribution in [0.15, 0.2) is 66.0 Å². The normalized spacial score (nSPS) is 17.2. The second-order valence-corrected chi connectivity index (χ2v) is 7.49. The fraction of sp³-hybridized carbons (Fsp3) is 0.208. The zero-order valence-electron chi connectivity index (χ0n) is 17.6. The molecule has 5 rings (SSSR count). The molecule has 162 valence electrons. The van der Waals surface area contributed by atoms with Crippen LogP contribution in [0.5, 0.6) is 0 Å². The van der Waals surface area contributed by atoms with Gasteiger partial charge in [-0.05, 0) is 36.8 Å². The number of ether oxygens (including phenoxy) is 2. The van der Waals surface area contributed by atoms with Crippen LogP contribution in [0.3, 0.4) is 0 Å². The van der Waals surface area contributed by atoms with E-state index in [4.69, 9.17) is 9.47 Å². The molecule has 0 aliphatic carbocycles. The molecule has 0 saturated carbocycles. The van der Waals surface area contributed by atoms with Crippen molar-refractivity contribution in [2.24, 2.45) is 0 Å². The highest BCUT2D eigenvalue weighted by Crippen LogP contribution is 2.33. The fourth-order valence-corrected chi connectivity index (χ4v) is 3.97. The van der Waals surface area contributed by atoms with Crippen LogP contribution in [0.4, 0.5) is 5.69 Å². The maximum Gasteiger partial charge on any atom is 0.347 e. The second-order valence-electron chi connectivity index (χ2n) is 7.49. The summed E-state index contributed by atoms with van der Waals surface area (Å²) in [6.45, 7) is 3.57. The quantitative estimate of drug-likeness (QED) is 0.373. The number of Topliss-reactive ketones (excluding diaryl/α,β-unsaturated/α-hetero) is 1. The van der Waals surface area contributed by atoms with Gasteiger partial charge >= 0.3 is 5.97 Å². The molecule has 0 amide bonds. The Morgan fingerprint density at radius 3 is 3.03 bits per heavy atom. The van der Waals surface area contributed by atoms with Gasteiger partial charge in [0.25, 0.3) is 0 Å². The number of carbonyl (C=O) groups is 2. The number of rotatable bonds is 4. The number of aromatic nitrogens is 2. The maximum atomic E-state index is 13.2. The summed E-state index contributed by atoms with van der Waals surface area (Å²) in [6.07, 6.45) is 5.09. The Kier molecular flexibility index (Phi) is 5.10. The van der Waals surface area contributed by atoms with Crippen LogP contribution in [-0.4, -0.2) is 46.3 Å². The number of fused-ring (bicyclic) bond motifs is 2. The fourth-order valence-electron chi connectivity index (χ4n) is 3.97. The number of esters is 1. The number of para-hydroxylation sites is 1. The molecule has 0 radical (unpaired) electrons. The van der Waals surface area contributed by atoms with Gasteiger partial charge in [0, 0.05) is 48.7 Å². The van der Waals surface area contributed by atoms with Gasteiger partial charge in [0.1, 0.15) is 5.65 Å². The van der Waals surface area contributed by atoms with E-state index in [0.29, 0.717) is 25.3 Å². The molecular weight excluding hydrogens is 408 g/mol. The molecule has 32 heavy (non-hydrogen) atoms. The van der Waals surface area contributed by atoms with Crippen molar-refractivity contribution >= 4 is 34.5 Å². The van der Waals surface area contributed by atoms with Crippen molar-refractivity contribution in [2.45, 2.75) is 13.5 Å². The third kappa shape index (κ3) is 3.49. The molecule has 3 aromatic rings. The first-order chi connectivity index (χ1) is 15.7. The minimum absolute atomic E-state index is 0.0737. The Bertz CT molecular complexity index is 1270. The molecule has 1 aromatic carbocycles. The number of hydrogen-bond acceptors (Lipinski definition) is 7. The monoisotopic (exact) mass is 430 g/mol. The Labute approximate surface area is 184 Å². The number of H-pyrrole nitrogens is 1. The number of benzene rings is 1. The summed E-state index contributed by atoms with van der Waals surface area (Å²) in [6, 6.07) is 11.7. The number of pyridine rings is 1. The van der Waals surface area contributed by atoms with E-state index in [2.05, 4.69) is 15.3 Å². The number of ketones is 1. The molecule has 0 bridgehead atoms. The number of nitrogens with zero attached hydrogens (tertiary/aromatic N) is 2. The highest BCUT2D eigenvalue weighted by atomic mass is 16.5. The second kappa shape index (κ2) is 8.22. The van der Waals surface area contributed by atoms with Gasteiger partial charge in [-0.1, -0.05) is 18.2 Å². The molecule has 0 unspecified atom stereocenters. The molecule has 4 heterocycles. The van der Waals surface area contributed by atoms with Crippen LogP contribution in [0, 0.1) is 0 Å². The third-order valence-corrected chi connectivity index (χ3v) is 5.48.